The molecular formula is C24H23N3O4S. The van der Waals surface area contributed by atoms with E-state index in [0.717, 1.165) is 9.87 Å². The Hall–Kier alpha value is -3.83. The van der Waals surface area contributed by atoms with Crippen LogP contribution in [-0.2, 0) is 21.2 Å². The largest absolute Gasteiger partial charge is 0.492 e. The van der Waals surface area contributed by atoms with Crippen LogP contribution < -0.4 is 14.4 Å². The van der Waals surface area contributed by atoms with E-state index in [1.165, 1.54) is 12.1 Å². The first kappa shape index (κ1) is 22.8. The number of para-hydroxylation sites is 2. The van der Waals surface area contributed by atoms with Gasteiger partial charge in [-0.3, -0.25) is 9.10 Å². The highest BCUT2D eigenvalue weighted by Gasteiger charge is 2.29. The van der Waals surface area contributed by atoms with Gasteiger partial charge in [0.25, 0.3) is 10.0 Å². The summed E-state index contributed by atoms with van der Waals surface area (Å²) in [6.07, 6.45) is 0.269. The zero-order chi connectivity index (χ0) is 23.0. The summed E-state index contributed by atoms with van der Waals surface area (Å²) in [6.45, 7) is 1.70. The van der Waals surface area contributed by atoms with Gasteiger partial charge in [0.05, 0.1) is 29.7 Å². The van der Waals surface area contributed by atoms with Crippen LogP contribution in [-0.4, -0.2) is 27.5 Å². The molecule has 8 heteroatoms. The highest BCUT2D eigenvalue weighted by Crippen LogP contribution is 2.32. The molecule has 0 fully saturated rings. The number of amides is 1. The zero-order valence-electron chi connectivity index (χ0n) is 17.6. The number of carbonyl (C=O) groups excluding carboxylic acids is 1. The van der Waals surface area contributed by atoms with Crippen molar-refractivity contribution in [2.45, 2.75) is 18.2 Å². The SMILES string of the molecule is CCOc1ccccc1N(CC(=O)Nc1ccc(CC#N)cc1)S(=O)(=O)c1ccccc1. The quantitative estimate of drug-likeness (QED) is 0.533. The third-order valence-electron chi connectivity index (χ3n) is 4.57. The minimum Gasteiger partial charge on any atom is -0.492 e. The predicted molar refractivity (Wildman–Crippen MR) is 123 cm³/mol. The molecule has 3 aromatic rings. The Kier molecular flexibility index (Phi) is 7.47. The van der Waals surface area contributed by atoms with Gasteiger partial charge in [0.2, 0.25) is 5.91 Å². The number of sulfonamides is 1. The van der Waals surface area contributed by atoms with E-state index < -0.39 is 22.5 Å². The summed E-state index contributed by atoms with van der Waals surface area (Å²) >= 11 is 0. The number of rotatable bonds is 9. The van der Waals surface area contributed by atoms with E-state index in [9.17, 15) is 13.2 Å². The summed E-state index contributed by atoms with van der Waals surface area (Å²) in [7, 11) is -4.04. The van der Waals surface area contributed by atoms with Crippen molar-refractivity contribution in [1.29, 1.82) is 5.26 Å². The fraction of sp³-hybridized carbons (Fsp3) is 0.167. The van der Waals surface area contributed by atoms with Crippen molar-refractivity contribution in [3.63, 3.8) is 0 Å². The van der Waals surface area contributed by atoms with Crippen molar-refractivity contribution < 1.29 is 17.9 Å². The van der Waals surface area contributed by atoms with Crippen molar-refractivity contribution in [3.8, 4) is 11.8 Å². The third kappa shape index (κ3) is 5.45. The van der Waals surface area contributed by atoms with Crippen LogP contribution >= 0.6 is 0 Å². The van der Waals surface area contributed by atoms with Crippen LogP contribution in [0.25, 0.3) is 0 Å². The topological polar surface area (TPSA) is 99.5 Å². The van der Waals surface area contributed by atoms with Crippen molar-refractivity contribution in [2.75, 3.05) is 22.8 Å². The summed E-state index contributed by atoms with van der Waals surface area (Å²) < 4.78 is 33.6. The fourth-order valence-corrected chi connectivity index (χ4v) is 4.54. The lowest BCUT2D eigenvalue weighted by molar-refractivity contribution is -0.114. The molecular weight excluding hydrogens is 426 g/mol. The van der Waals surface area contributed by atoms with E-state index in [-0.39, 0.29) is 17.0 Å². The maximum absolute atomic E-state index is 13.5. The lowest BCUT2D eigenvalue weighted by atomic mass is 10.1. The van der Waals surface area contributed by atoms with E-state index in [2.05, 4.69) is 11.4 Å². The average molecular weight is 450 g/mol. The molecule has 1 amide bonds. The van der Waals surface area contributed by atoms with Gasteiger partial charge in [0.1, 0.15) is 12.3 Å². The minimum atomic E-state index is -4.04. The van der Waals surface area contributed by atoms with E-state index in [4.69, 9.17) is 10.00 Å². The van der Waals surface area contributed by atoms with Crippen LogP contribution in [0, 0.1) is 11.3 Å². The molecule has 7 nitrogen and oxygen atoms in total. The number of nitrogens with one attached hydrogen (secondary N) is 1. The summed E-state index contributed by atoms with van der Waals surface area (Å²) in [5, 5.41) is 11.5. The summed E-state index contributed by atoms with van der Waals surface area (Å²) in [5.74, 6) is -0.146. The number of hydrogen-bond acceptors (Lipinski definition) is 5. The Balaban J connectivity index is 1.93. The van der Waals surface area contributed by atoms with Gasteiger partial charge in [-0.1, -0.05) is 42.5 Å². The number of ether oxygens (including phenoxy) is 1. The smallest absolute Gasteiger partial charge is 0.264 e. The summed E-state index contributed by atoms with van der Waals surface area (Å²) in [5.41, 5.74) is 1.61. The second-order valence-electron chi connectivity index (χ2n) is 6.81. The van der Waals surface area contributed by atoms with Crippen LogP contribution in [0.3, 0.4) is 0 Å². The van der Waals surface area contributed by atoms with Gasteiger partial charge in [-0.25, -0.2) is 8.42 Å². The molecule has 0 radical (unpaired) electrons. The molecule has 0 aliphatic heterocycles. The molecule has 1 N–H and O–H groups in total. The molecule has 0 saturated carbocycles. The first-order valence-corrected chi connectivity index (χ1v) is 11.4. The first-order chi connectivity index (χ1) is 15.5. The third-order valence-corrected chi connectivity index (χ3v) is 6.35. The second kappa shape index (κ2) is 10.5. The van der Waals surface area contributed by atoms with E-state index >= 15 is 0 Å². The van der Waals surface area contributed by atoms with Gasteiger partial charge in [-0.2, -0.15) is 5.26 Å². The highest BCUT2D eigenvalue weighted by molar-refractivity contribution is 7.92. The average Bonchev–Trinajstić information content (AvgIpc) is 2.80. The van der Waals surface area contributed by atoms with E-state index in [1.54, 1.807) is 73.7 Å². The second-order valence-corrected chi connectivity index (χ2v) is 8.67. The van der Waals surface area contributed by atoms with Crippen molar-refractivity contribution in [3.05, 3.63) is 84.4 Å². The number of nitrogens with zero attached hydrogens (tertiary/aromatic N) is 2. The van der Waals surface area contributed by atoms with Crippen LogP contribution in [0.5, 0.6) is 5.75 Å². The molecule has 32 heavy (non-hydrogen) atoms. The normalized spacial score (nSPS) is 10.8. The van der Waals surface area contributed by atoms with Crippen LogP contribution in [0.4, 0.5) is 11.4 Å². The highest BCUT2D eigenvalue weighted by atomic mass is 32.2. The van der Waals surface area contributed by atoms with Crippen molar-refractivity contribution >= 4 is 27.3 Å². The maximum Gasteiger partial charge on any atom is 0.264 e. The first-order valence-electron chi connectivity index (χ1n) is 10.0. The van der Waals surface area contributed by atoms with E-state index in [0.29, 0.717) is 18.0 Å². The Morgan fingerprint density at radius 2 is 1.66 bits per heavy atom. The van der Waals surface area contributed by atoms with Gasteiger partial charge in [-0.15, -0.1) is 0 Å². The molecule has 0 bridgehead atoms. The Bertz CT molecular complexity index is 1200. The number of nitriles is 1. The lowest BCUT2D eigenvalue weighted by Crippen LogP contribution is -2.38. The molecule has 0 heterocycles. The van der Waals surface area contributed by atoms with Gasteiger partial charge >= 0.3 is 0 Å². The molecule has 164 valence electrons. The van der Waals surface area contributed by atoms with Gasteiger partial charge in [0, 0.05) is 5.69 Å². The zero-order valence-corrected chi connectivity index (χ0v) is 18.4. The predicted octanol–water partition coefficient (Wildman–Crippen LogP) is 3.99. The van der Waals surface area contributed by atoms with Crippen LogP contribution in [0.1, 0.15) is 12.5 Å². The van der Waals surface area contributed by atoms with Gasteiger partial charge in [0.15, 0.2) is 0 Å². The Labute approximate surface area is 187 Å². The van der Waals surface area contributed by atoms with Gasteiger partial charge < -0.3 is 10.1 Å². The molecule has 3 aromatic carbocycles. The molecule has 0 aliphatic carbocycles. The number of anilines is 2. The van der Waals surface area contributed by atoms with E-state index in [1.807, 2.05) is 0 Å². The molecule has 0 aliphatic rings. The van der Waals surface area contributed by atoms with Crippen molar-refractivity contribution in [1.82, 2.24) is 0 Å². The standard InChI is InChI=1S/C24H23N3O4S/c1-2-31-23-11-7-6-10-22(23)27(32(29,30)21-8-4-3-5-9-21)18-24(28)26-20-14-12-19(13-15-20)16-17-25/h3-15H,2,16,18H2,1H3,(H,26,28). The van der Waals surface area contributed by atoms with Crippen LogP contribution in [0.2, 0.25) is 0 Å². The number of hydrogen-bond donors (Lipinski definition) is 1. The van der Waals surface area contributed by atoms with Crippen molar-refractivity contribution in [2.24, 2.45) is 0 Å². The fourth-order valence-electron chi connectivity index (χ4n) is 3.09. The lowest BCUT2D eigenvalue weighted by Gasteiger charge is -2.26. The molecule has 0 saturated heterocycles. The Morgan fingerprint density at radius 1 is 1.00 bits per heavy atom. The summed E-state index contributed by atoms with van der Waals surface area (Å²) in [4.78, 5) is 12.9. The van der Waals surface area contributed by atoms with Crippen LogP contribution in [0.15, 0.2) is 83.8 Å². The van der Waals surface area contributed by atoms with Gasteiger partial charge in [-0.05, 0) is 48.9 Å². The summed E-state index contributed by atoms with van der Waals surface area (Å²) in [6, 6.07) is 23.5. The Morgan fingerprint density at radius 3 is 2.31 bits per heavy atom. The minimum absolute atomic E-state index is 0.0694. The molecule has 0 aromatic heterocycles. The molecule has 3 rings (SSSR count). The molecule has 0 unspecified atom stereocenters. The monoisotopic (exact) mass is 449 g/mol. The molecule has 0 atom stereocenters. The molecule has 0 spiro atoms. The number of benzene rings is 3. The number of carbonyl (C=O) groups is 1. The maximum atomic E-state index is 13.5.